The fraction of sp³-hybridized carbons (Fsp3) is 0.600. The van der Waals surface area contributed by atoms with E-state index in [0.29, 0.717) is 0 Å². The molecule has 0 aliphatic rings. The van der Waals surface area contributed by atoms with Gasteiger partial charge in [-0.1, -0.05) is 20.8 Å². The Morgan fingerprint density at radius 2 is 2.06 bits per heavy atom. The molecule has 1 atom stereocenters. The lowest BCUT2D eigenvalue weighted by atomic mass is 9.88. The van der Waals surface area contributed by atoms with Gasteiger partial charge in [-0.15, -0.1) is 0 Å². The normalized spacial score (nSPS) is 14.4. The molecule has 0 aromatic carbocycles. The number of imidazole rings is 1. The van der Waals surface area contributed by atoms with Crippen LogP contribution in [-0.2, 0) is 21.9 Å². The first-order chi connectivity index (χ1) is 8.04. The summed E-state index contributed by atoms with van der Waals surface area (Å²) in [6.07, 6.45) is 2.64. The highest BCUT2D eigenvalue weighted by molar-refractivity contribution is 7.89. The van der Waals surface area contributed by atoms with Gasteiger partial charge < -0.3 is 9.67 Å². The lowest BCUT2D eigenvalue weighted by Crippen LogP contribution is -2.49. The van der Waals surface area contributed by atoms with E-state index < -0.39 is 27.4 Å². The van der Waals surface area contributed by atoms with Crippen LogP contribution >= 0.6 is 0 Å². The van der Waals surface area contributed by atoms with Crippen LogP contribution in [0.15, 0.2) is 17.6 Å². The number of carbonyl (C=O) groups is 1. The van der Waals surface area contributed by atoms with Gasteiger partial charge in [-0.3, -0.25) is 4.79 Å². The van der Waals surface area contributed by atoms with Gasteiger partial charge in [0.2, 0.25) is 0 Å². The first kappa shape index (κ1) is 14.7. The molecule has 2 N–H and O–H groups in total. The SMILES string of the molecule is Cn1cnc(S(=O)(=O)N[C@H](C(=O)O)C(C)(C)C)c1. The summed E-state index contributed by atoms with van der Waals surface area (Å²) >= 11 is 0. The Morgan fingerprint density at radius 1 is 1.50 bits per heavy atom. The van der Waals surface area contributed by atoms with Gasteiger partial charge in [-0.2, -0.15) is 4.72 Å². The van der Waals surface area contributed by atoms with Crippen molar-refractivity contribution in [2.45, 2.75) is 31.8 Å². The molecule has 0 aliphatic heterocycles. The van der Waals surface area contributed by atoms with Crippen molar-refractivity contribution in [3.63, 3.8) is 0 Å². The minimum absolute atomic E-state index is 0.194. The highest BCUT2D eigenvalue weighted by Gasteiger charge is 2.35. The van der Waals surface area contributed by atoms with Crippen molar-refractivity contribution >= 4 is 16.0 Å². The third-order valence-corrected chi connectivity index (χ3v) is 3.65. The molecule has 7 nitrogen and oxygen atoms in total. The number of aliphatic carboxylic acids is 1. The largest absolute Gasteiger partial charge is 0.480 e. The Morgan fingerprint density at radius 3 is 2.39 bits per heavy atom. The number of hydrogen-bond acceptors (Lipinski definition) is 4. The van der Waals surface area contributed by atoms with Gasteiger partial charge in [0.15, 0.2) is 5.03 Å². The van der Waals surface area contributed by atoms with E-state index in [0.717, 1.165) is 0 Å². The number of rotatable bonds is 4. The van der Waals surface area contributed by atoms with Crippen molar-refractivity contribution in [1.29, 1.82) is 0 Å². The highest BCUT2D eigenvalue weighted by atomic mass is 32.2. The monoisotopic (exact) mass is 275 g/mol. The molecule has 1 rings (SSSR count). The molecule has 0 saturated heterocycles. The van der Waals surface area contributed by atoms with E-state index in [1.165, 1.54) is 17.1 Å². The van der Waals surface area contributed by atoms with Crippen LogP contribution in [0.1, 0.15) is 20.8 Å². The lowest BCUT2D eigenvalue weighted by Gasteiger charge is -2.27. The van der Waals surface area contributed by atoms with E-state index in [9.17, 15) is 13.2 Å². The third kappa shape index (κ3) is 3.30. The molecule has 0 saturated carbocycles. The first-order valence-electron chi connectivity index (χ1n) is 5.27. The Hall–Kier alpha value is -1.41. The molecular weight excluding hydrogens is 258 g/mol. The van der Waals surface area contributed by atoms with Crippen LogP contribution in [0, 0.1) is 5.41 Å². The molecular formula is C10H17N3O4S. The summed E-state index contributed by atoms with van der Waals surface area (Å²) in [7, 11) is -2.30. The van der Waals surface area contributed by atoms with Crippen LogP contribution in [0.2, 0.25) is 0 Å². The van der Waals surface area contributed by atoms with E-state index in [1.54, 1.807) is 27.8 Å². The van der Waals surface area contributed by atoms with Crippen LogP contribution < -0.4 is 4.72 Å². The Labute approximate surface area is 106 Å². The van der Waals surface area contributed by atoms with Gasteiger partial charge in [-0.05, 0) is 5.41 Å². The van der Waals surface area contributed by atoms with Crippen molar-refractivity contribution in [1.82, 2.24) is 14.3 Å². The maximum absolute atomic E-state index is 12.0. The summed E-state index contributed by atoms with van der Waals surface area (Å²) in [6.45, 7) is 4.94. The van der Waals surface area contributed by atoms with Crippen molar-refractivity contribution in [3.05, 3.63) is 12.5 Å². The highest BCUT2D eigenvalue weighted by Crippen LogP contribution is 2.21. The zero-order valence-electron chi connectivity index (χ0n) is 10.7. The molecule has 0 bridgehead atoms. The molecule has 0 amide bonds. The molecule has 0 unspecified atom stereocenters. The van der Waals surface area contributed by atoms with Crippen molar-refractivity contribution in [2.75, 3.05) is 0 Å². The third-order valence-electron chi connectivity index (χ3n) is 2.34. The predicted octanol–water partition coefficient (Wildman–Crippen LogP) is 0.198. The van der Waals surface area contributed by atoms with Gasteiger partial charge >= 0.3 is 5.97 Å². The minimum Gasteiger partial charge on any atom is -0.480 e. The van der Waals surface area contributed by atoms with Crippen molar-refractivity contribution in [3.8, 4) is 0 Å². The van der Waals surface area contributed by atoms with Gasteiger partial charge in [0.05, 0.1) is 6.33 Å². The van der Waals surface area contributed by atoms with Crippen molar-refractivity contribution < 1.29 is 18.3 Å². The molecule has 18 heavy (non-hydrogen) atoms. The maximum Gasteiger partial charge on any atom is 0.322 e. The summed E-state index contributed by atoms with van der Waals surface area (Å²) < 4.78 is 27.5. The zero-order valence-corrected chi connectivity index (χ0v) is 11.5. The number of carboxylic acids is 1. The first-order valence-corrected chi connectivity index (χ1v) is 6.75. The molecule has 0 aliphatic carbocycles. The maximum atomic E-state index is 12.0. The minimum atomic E-state index is -3.93. The van der Waals surface area contributed by atoms with Crippen LogP contribution in [0.25, 0.3) is 0 Å². The molecule has 8 heteroatoms. The average Bonchev–Trinajstić information content (AvgIpc) is 2.60. The summed E-state index contributed by atoms with van der Waals surface area (Å²) in [6, 6.07) is -1.22. The van der Waals surface area contributed by atoms with Gasteiger partial charge in [0.25, 0.3) is 10.0 Å². The summed E-state index contributed by atoms with van der Waals surface area (Å²) in [5.41, 5.74) is -0.742. The zero-order chi connectivity index (χ0) is 14.1. The summed E-state index contributed by atoms with van der Waals surface area (Å²) in [4.78, 5) is 14.8. The van der Waals surface area contributed by atoms with E-state index in [-0.39, 0.29) is 5.03 Å². The molecule has 0 fully saturated rings. The Balaban J connectivity index is 3.05. The van der Waals surface area contributed by atoms with Crippen LogP contribution in [-0.4, -0.2) is 35.1 Å². The number of aryl methyl sites for hydroxylation is 1. The van der Waals surface area contributed by atoms with Crippen LogP contribution in [0.3, 0.4) is 0 Å². The molecule has 1 aromatic heterocycles. The second kappa shape index (κ2) is 4.69. The van der Waals surface area contributed by atoms with Gasteiger partial charge in [0, 0.05) is 13.2 Å². The van der Waals surface area contributed by atoms with Crippen LogP contribution in [0.4, 0.5) is 0 Å². The average molecular weight is 275 g/mol. The number of carboxylic acid groups (broad SMARTS) is 1. The fourth-order valence-corrected chi connectivity index (χ4v) is 2.72. The van der Waals surface area contributed by atoms with E-state index >= 15 is 0 Å². The molecule has 1 heterocycles. The number of sulfonamides is 1. The lowest BCUT2D eigenvalue weighted by molar-refractivity contribution is -0.141. The van der Waals surface area contributed by atoms with Crippen molar-refractivity contribution in [2.24, 2.45) is 12.5 Å². The van der Waals surface area contributed by atoms with E-state index in [1.807, 2.05) is 0 Å². The second-order valence-electron chi connectivity index (χ2n) is 5.14. The number of aromatic nitrogens is 2. The number of nitrogens with one attached hydrogen (secondary N) is 1. The Bertz CT molecular complexity index is 542. The summed E-state index contributed by atoms with van der Waals surface area (Å²) in [5, 5.41) is 8.88. The topological polar surface area (TPSA) is 101 Å². The smallest absolute Gasteiger partial charge is 0.322 e. The molecule has 0 spiro atoms. The van der Waals surface area contributed by atoms with E-state index in [4.69, 9.17) is 5.11 Å². The second-order valence-corrected chi connectivity index (χ2v) is 6.80. The van der Waals surface area contributed by atoms with Gasteiger partial charge in [-0.25, -0.2) is 13.4 Å². The van der Waals surface area contributed by atoms with Gasteiger partial charge in [0.1, 0.15) is 6.04 Å². The molecule has 0 radical (unpaired) electrons. The van der Waals surface area contributed by atoms with E-state index in [2.05, 4.69) is 9.71 Å². The molecule has 1 aromatic rings. The quantitative estimate of drug-likeness (QED) is 0.817. The van der Waals surface area contributed by atoms with Crippen LogP contribution in [0.5, 0.6) is 0 Å². The predicted molar refractivity (Wildman–Crippen MR) is 64.4 cm³/mol. The number of hydrogen-bond donors (Lipinski definition) is 2. The number of nitrogens with zero attached hydrogens (tertiary/aromatic N) is 2. The Kier molecular flexibility index (Phi) is 3.82. The standard InChI is InChI=1S/C10H17N3O4S/c1-10(2,3)8(9(14)15)12-18(16,17)7-5-13(4)6-11-7/h5-6,8,12H,1-4H3,(H,14,15)/t8-/m1/s1. The fourth-order valence-electron chi connectivity index (χ4n) is 1.34. The molecule has 102 valence electrons. The summed E-state index contributed by atoms with van der Waals surface area (Å²) in [5.74, 6) is -1.22.